The fourth-order valence-electron chi connectivity index (χ4n) is 2.86. The minimum absolute atomic E-state index is 0.123. The van der Waals surface area contributed by atoms with Gasteiger partial charge in [-0.15, -0.1) is 0 Å². The van der Waals surface area contributed by atoms with Gasteiger partial charge >= 0.3 is 0 Å². The zero-order valence-electron chi connectivity index (χ0n) is 14.7. The standard InChI is InChI=1S/C19H20N4O3/c1-12-6-7-17(20-10-12)22-19(26)14-8-18(25)23(11-14)16-5-3-4-15(9-16)21-13(2)24/h3-7,9-10,14H,8,11H2,1-2H3,(H,21,24)(H,20,22,26). The van der Waals surface area contributed by atoms with Crippen LogP contribution in [0.1, 0.15) is 18.9 Å². The number of benzene rings is 1. The second-order valence-corrected chi connectivity index (χ2v) is 6.35. The predicted octanol–water partition coefficient (Wildman–Crippen LogP) is 2.34. The number of carbonyl (C=O) groups is 3. The first-order valence-electron chi connectivity index (χ1n) is 8.34. The molecule has 1 aromatic heterocycles. The highest BCUT2D eigenvalue weighted by atomic mass is 16.2. The van der Waals surface area contributed by atoms with E-state index in [4.69, 9.17) is 0 Å². The van der Waals surface area contributed by atoms with Crippen molar-refractivity contribution < 1.29 is 14.4 Å². The molecule has 1 saturated heterocycles. The number of rotatable bonds is 4. The Bertz CT molecular complexity index is 848. The molecule has 1 aromatic carbocycles. The number of carbonyl (C=O) groups excluding carboxylic acids is 3. The van der Waals surface area contributed by atoms with Crippen LogP contribution in [0.2, 0.25) is 0 Å². The lowest BCUT2D eigenvalue weighted by Crippen LogP contribution is -2.28. The van der Waals surface area contributed by atoms with Crippen LogP contribution in [0.5, 0.6) is 0 Å². The molecule has 2 heterocycles. The van der Waals surface area contributed by atoms with E-state index in [-0.39, 0.29) is 24.1 Å². The summed E-state index contributed by atoms with van der Waals surface area (Å²) < 4.78 is 0. The maximum Gasteiger partial charge on any atom is 0.230 e. The predicted molar refractivity (Wildman–Crippen MR) is 98.8 cm³/mol. The van der Waals surface area contributed by atoms with Crippen LogP contribution in [0, 0.1) is 12.8 Å². The fraction of sp³-hybridized carbons (Fsp3) is 0.263. The summed E-state index contributed by atoms with van der Waals surface area (Å²) in [6.07, 6.45) is 1.82. The monoisotopic (exact) mass is 352 g/mol. The Balaban J connectivity index is 1.69. The Morgan fingerprint density at radius 1 is 1.19 bits per heavy atom. The number of hydrogen-bond acceptors (Lipinski definition) is 4. The number of hydrogen-bond donors (Lipinski definition) is 2. The van der Waals surface area contributed by atoms with Crippen molar-refractivity contribution in [2.75, 3.05) is 22.1 Å². The molecule has 134 valence electrons. The Kier molecular flexibility index (Phi) is 4.97. The molecule has 3 amide bonds. The summed E-state index contributed by atoms with van der Waals surface area (Å²) in [6, 6.07) is 10.6. The van der Waals surface area contributed by atoms with Crippen LogP contribution in [0.3, 0.4) is 0 Å². The van der Waals surface area contributed by atoms with Crippen molar-refractivity contribution in [2.24, 2.45) is 5.92 Å². The molecule has 2 aromatic rings. The van der Waals surface area contributed by atoms with Gasteiger partial charge in [0.1, 0.15) is 5.82 Å². The molecule has 7 nitrogen and oxygen atoms in total. The molecule has 0 bridgehead atoms. The Hall–Kier alpha value is -3.22. The number of pyridine rings is 1. The summed E-state index contributed by atoms with van der Waals surface area (Å²) in [5, 5.41) is 5.45. The molecule has 2 N–H and O–H groups in total. The van der Waals surface area contributed by atoms with Gasteiger partial charge in [-0.1, -0.05) is 12.1 Å². The number of anilines is 3. The molecule has 1 aliphatic rings. The largest absolute Gasteiger partial charge is 0.326 e. The fourth-order valence-corrected chi connectivity index (χ4v) is 2.86. The van der Waals surface area contributed by atoms with Crippen molar-refractivity contribution in [3.63, 3.8) is 0 Å². The van der Waals surface area contributed by atoms with E-state index in [0.29, 0.717) is 23.7 Å². The summed E-state index contributed by atoms with van der Waals surface area (Å²) in [4.78, 5) is 41.7. The smallest absolute Gasteiger partial charge is 0.230 e. The van der Waals surface area contributed by atoms with Gasteiger partial charge in [-0.3, -0.25) is 14.4 Å². The van der Waals surface area contributed by atoms with Crippen molar-refractivity contribution in [3.05, 3.63) is 48.2 Å². The summed E-state index contributed by atoms with van der Waals surface area (Å²) in [5.41, 5.74) is 2.27. The molecule has 26 heavy (non-hydrogen) atoms. The number of amides is 3. The summed E-state index contributed by atoms with van der Waals surface area (Å²) in [5.74, 6) is -0.510. The van der Waals surface area contributed by atoms with Gasteiger partial charge in [-0.2, -0.15) is 0 Å². The number of aryl methyl sites for hydroxylation is 1. The summed E-state index contributed by atoms with van der Waals surface area (Å²) >= 11 is 0. The number of aromatic nitrogens is 1. The van der Waals surface area contributed by atoms with Gasteiger partial charge in [0, 0.05) is 37.5 Å². The van der Waals surface area contributed by atoms with Crippen LogP contribution in [0.4, 0.5) is 17.2 Å². The average molecular weight is 352 g/mol. The molecule has 1 atom stereocenters. The molecule has 3 rings (SSSR count). The Morgan fingerprint density at radius 3 is 2.69 bits per heavy atom. The molecule has 1 aliphatic heterocycles. The summed E-state index contributed by atoms with van der Waals surface area (Å²) in [6.45, 7) is 3.63. The van der Waals surface area contributed by atoms with Gasteiger partial charge in [0.2, 0.25) is 17.7 Å². The van der Waals surface area contributed by atoms with Gasteiger partial charge < -0.3 is 15.5 Å². The van der Waals surface area contributed by atoms with E-state index < -0.39 is 5.92 Å². The first-order valence-corrected chi connectivity index (χ1v) is 8.34. The molecule has 7 heteroatoms. The summed E-state index contributed by atoms with van der Waals surface area (Å²) in [7, 11) is 0. The van der Waals surface area contributed by atoms with Crippen LogP contribution >= 0.6 is 0 Å². The third-order valence-corrected chi connectivity index (χ3v) is 4.14. The van der Waals surface area contributed by atoms with Gasteiger partial charge in [0.25, 0.3) is 0 Å². The minimum atomic E-state index is -0.449. The highest BCUT2D eigenvalue weighted by Gasteiger charge is 2.35. The second kappa shape index (κ2) is 7.35. The third-order valence-electron chi connectivity index (χ3n) is 4.14. The minimum Gasteiger partial charge on any atom is -0.326 e. The van der Waals surface area contributed by atoms with Crippen LogP contribution in [-0.4, -0.2) is 29.3 Å². The maximum absolute atomic E-state index is 12.4. The quantitative estimate of drug-likeness (QED) is 0.883. The van der Waals surface area contributed by atoms with Gasteiger partial charge in [0.05, 0.1) is 5.92 Å². The zero-order chi connectivity index (χ0) is 18.7. The van der Waals surface area contributed by atoms with E-state index in [2.05, 4.69) is 15.6 Å². The van der Waals surface area contributed by atoms with Gasteiger partial charge in [-0.05, 0) is 36.8 Å². The second-order valence-electron chi connectivity index (χ2n) is 6.35. The van der Waals surface area contributed by atoms with Crippen molar-refractivity contribution in [1.29, 1.82) is 0 Å². The molecule has 0 spiro atoms. The lowest BCUT2D eigenvalue weighted by Gasteiger charge is -2.17. The highest BCUT2D eigenvalue weighted by Crippen LogP contribution is 2.27. The van der Waals surface area contributed by atoms with Crippen LogP contribution < -0.4 is 15.5 Å². The number of nitrogens with zero attached hydrogens (tertiary/aromatic N) is 2. The van der Waals surface area contributed by atoms with Crippen molar-refractivity contribution in [3.8, 4) is 0 Å². The first-order chi connectivity index (χ1) is 12.4. The van der Waals surface area contributed by atoms with Gasteiger partial charge in [0.15, 0.2) is 0 Å². The first kappa shape index (κ1) is 17.6. The highest BCUT2D eigenvalue weighted by molar-refractivity contribution is 6.03. The van der Waals surface area contributed by atoms with E-state index in [0.717, 1.165) is 5.56 Å². The maximum atomic E-state index is 12.4. The van der Waals surface area contributed by atoms with Crippen molar-refractivity contribution in [2.45, 2.75) is 20.3 Å². The van der Waals surface area contributed by atoms with Crippen LogP contribution in [-0.2, 0) is 14.4 Å². The molecular formula is C19H20N4O3. The average Bonchev–Trinajstić information content (AvgIpc) is 2.98. The SMILES string of the molecule is CC(=O)Nc1cccc(N2CC(C(=O)Nc3ccc(C)cn3)CC2=O)c1. The Morgan fingerprint density at radius 2 is 2.00 bits per heavy atom. The van der Waals surface area contributed by atoms with E-state index in [1.54, 1.807) is 41.4 Å². The third kappa shape index (κ3) is 4.05. The van der Waals surface area contributed by atoms with E-state index >= 15 is 0 Å². The molecule has 0 aliphatic carbocycles. The van der Waals surface area contributed by atoms with Crippen LogP contribution in [0.15, 0.2) is 42.6 Å². The molecular weight excluding hydrogens is 332 g/mol. The number of nitrogens with one attached hydrogen (secondary N) is 2. The lowest BCUT2D eigenvalue weighted by molar-refractivity contribution is -0.122. The van der Waals surface area contributed by atoms with E-state index in [1.165, 1.54) is 6.92 Å². The molecule has 0 saturated carbocycles. The lowest BCUT2D eigenvalue weighted by atomic mass is 10.1. The molecule has 1 unspecified atom stereocenters. The molecule has 1 fully saturated rings. The van der Waals surface area contributed by atoms with Gasteiger partial charge in [-0.25, -0.2) is 4.98 Å². The topological polar surface area (TPSA) is 91.4 Å². The normalized spacial score (nSPS) is 16.5. The van der Waals surface area contributed by atoms with Crippen molar-refractivity contribution in [1.82, 2.24) is 4.98 Å². The van der Waals surface area contributed by atoms with Crippen molar-refractivity contribution >= 4 is 34.9 Å². The zero-order valence-corrected chi connectivity index (χ0v) is 14.7. The molecule has 0 radical (unpaired) electrons. The van der Waals surface area contributed by atoms with Crippen LogP contribution in [0.25, 0.3) is 0 Å². The Labute approximate surface area is 151 Å². The van der Waals surface area contributed by atoms with E-state index in [1.807, 2.05) is 13.0 Å². The van der Waals surface area contributed by atoms with E-state index in [9.17, 15) is 14.4 Å².